The summed E-state index contributed by atoms with van der Waals surface area (Å²) in [5.74, 6) is 0.640. The normalized spacial score (nSPS) is 21.4. The van der Waals surface area contributed by atoms with Gasteiger partial charge in [0.15, 0.2) is 0 Å². The number of likely N-dealkylation sites (N-methyl/N-ethyl adjacent to an activating group) is 1. The van der Waals surface area contributed by atoms with Crippen LogP contribution in [0.4, 0.5) is 0 Å². The molecule has 2 heteroatoms. The number of rotatable bonds is 6. The molecule has 1 N–H and O–H groups in total. The lowest BCUT2D eigenvalue weighted by Crippen LogP contribution is -2.45. The molecule has 1 fully saturated rings. The van der Waals surface area contributed by atoms with Crippen molar-refractivity contribution in [2.75, 3.05) is 19.6 Å². The van der Waals surface area contributed by atoms with Gasteiger partial charge in [0.25, 0.3) is 0 Å². The van der Waals surface area contributed by atoms with Gasteiger partial charge in [-0.25, -0.2) is 0 Å². The molecule has 1 heterocycles. The molecule has 1 saturated heterocycles. The molecule has 112 valence electrons. The second kappa shape index (κ2) is 7.80. The summed E-state index contributed by atoms with van der Waals surface area (Å²) >= 11 is 0. The van der Waals surface area contributed by atoms with Crippen LogP contribution in [0, 0.1) is 5.92 Å². The molecule has 2 atom stereocenters. The van der Waals surface area contributed by atoms with Crippen LogP contribution in [-0.4, -0.2) is 30.6 Å². The molecule has 1 aromatic rings. The Balaban J connectivity index is 2.09. The quantitative estimate of drug-likeness (QED) is 0.847. The number of hydrogen-bond acceptors (Lipinski definition) is 2. The monoisotopic (exact) mass is 274 g/mol. The molecule has 0 bridgehead atoms. The van der Waals surface area contributed by atoms with Crippen LogP contribution in [0.15, 0.2) is 30.3 Å². The van der Waals surface area contributed by atoms with Gasteiger partial charge in [-0.2, -0.15) is 0 Å². The highest BCUT2D eigenvalue weighted by Crippen LogP contribution is 2.29. The van der Waals surface area contributed by atoms with Crippen LogP contribution in [0.3, 0.4) is 0 Å². The maximum atomic E-state index is 3.69. The van der Waals surface area contributed by atoms with Crippen molar-refractivity contribution < 1.29 is 0 Å². The number of hydrogen-bond donors (Lipinski definition) is 1. The maximum absolute atomic E-state index is 3.69. The molecule has 1 aromatic carbocycles. The Hall–Kier alpha value is -0.860. The highest BCUT2D eigenvalue weighted by molar-refractivity contribution is 5.19. The summed E-state index contributed by atoms with van der Waals surface area (Å²) in [6, 6.07) is 12.2. The zero-order valence-corrected chi connectivity index (χ0v) is 13.3. The summed E-state index contributed by atoms with van der Waals surface area (Å²) in [4.78, 5) is 2.66. The van der Waals surface area contributed by atoms with E-state index in [0.717, 1.165) is 6.54 Å². The molecule has 0 amide bonds. The molecule has 0 radical (unpaired) electrons. The highest BCUT2D eigenvalue weighted by Gasteiger charge is 2.25. The minimum Gasteiger partial charge on any atom is -0.313 e. The van der Waals surface area contributed by atoms with Crippen LogP contribution in [0.1, 0.15) is 51.6 Å². The van der Waals surface area contributed by atoms with E-state index < -0.39 is 0 Å². The third-order valence-electron chi connectivity index (χ3n) is 4.44. The Morgan fingerprint density at radius 2 is 1.95 bits per heavy atom. The SMILES string of the molecule is CCN(CC1CCCCN1)C(c1ccccc1)C(C)C. The van der Waals surface area contributed by atoms with Crippen LogP contribution in [0.25, 0.3) is 0 Å². The van der Waals surface area contributed by atoms with E-state index in [0.29, 0.717) is 18.0 Å². The van der Waals surface area contributed by atoms with Crippen molar-refractivity contribution in [1.82, 2.24) is 10.2 Å². The average molecular weight is 274 g/mol. The molecular weight excluding hydrogens is 244 g/mol. The molecule has 1 aliphatic heterocycles. The van der Waals surface area contributed by atoms with E-state index in [2.05, 4.69) is 61.3 Å². The molecule has 2 unspecified atom stereocenters. The van der Waals surface area contributed by atoms with E-state index in [-0.39, 0.29) is 0 Å². The third kappa shape index (κ3) is 4.07. The van der Waals surface area contributed by atoms with Crippen LogP contribution >= 0.6 is 0 Å². The molecule has 0 aromatic heterocycles. The van der Waals surface area contributed by atoms with Gasteiger partial charge in [0.2, 0.25) is 0 Å². The number of nitrogens with zero attached hydrogens (tertiary/aromatic N) is 1. The summed E-state index contributed by atoms with van der Waals surface area (Å²) in [5.41, 5.74) is 1.46. The van der Waals surface area contributed by atoms with Gasteiger partial charge in [-0.1, -0.05) is 57.5 Å². The van der Waals surface area contributed by atoms with Gasteiger partial charge in [-0.3, -0.25) is 4.90 Å². The minimum absolute atomic E-state index is 0.532. The number of piperidine rings is 1. The second-order valence-corrected chi connectivity index (χ2v) is 6.33. The second-order valence-electron chi connectivity index (χ2n) is 6.33. The topological polar surface area (TPSA) is 15.3 Å². The molecule has 0 aliphatic carbocycles. The first kappa shape index (κ1) is 15.5. The lowest BCUT2D eigenvalue weighted by Gasteiger charge is -2.37. The fourth-order valence-corrected chi connectivity index (χ4v) is 3.47. The number of benzene rings is 1. The highest BCUT2D eigenvalue weighted by atomic mass is 15.2. The first-order valence-corrected chi connectivity index (χ1v) is 8.24. The van der Waals surface area contributed by atoms with Crippen LogP contribution in [0.5, 0.6) is 0 Å². The van der Waals surface area contributed by atoms with Crippen molar-refractivity contribution in [3.63, 3.8) is 0 Å². The van der Waals surface area contributed by atoms with E-state index >= 15 is 0 Å². The van der Waals surface area contributed by atoms with Crippen molar-refractivity contribution in [1.29, 1.82) is 0 Å². The summed E-state index contributed by atoms with van der Waals surface area (Å²) in [6.45, 7) is 10.5. The van der Waals surface area contributed by atoms with E-state index in [9.17, 15) is 0 Å². The Labute approximate surface area is 124 Å². The van der Waals surface area contributed by atoms with Gasteiger partial charge in [0, 0.05) is 18.6 Å². The van der Waals surface area contributed by atoms with Gasteiger partial charge in [-0.15, -0.1) is 0 Å². The van der Waals surface area contributed by atoms with Crippen molar-refractivity contribution in [2.45, 2.75) is 52.1 Å². The average Bonchev–Trinajstić information content (AvgIpc) is 2.48. The van der Waals surface area contributed by atoms with Crippen LogP contribution in [0.2, 0.25) is 0 Å². The predicted octanol–water partition coefficient (Wildman–Crippen LogP) is 3.85. The molecular formula is C18H30N2. The fourth-order valence-electron chi connectivity index (χ4n) is 3.47. The first-order chi connectivity index (χ1) is 9.72. The largest absolute Gasteiger partial charge is 0.313 e. The molecule has 0 spiro atoms. The van der Waals surface area contributed by atoms with Crippen molar-refractivity contribution >= 4 is 0 Å². The van der Waals surface area contributed by atoms with Gasteiger partial charge in [0.05, 0.1) is 0 Å². The van der Waals surface area contributed by atoms with Crippen molar-refractivity contribution in [2.24, 2.45) is 5.92 Å². The molecule has 20 heavy (non-hydrogen) atoms. The summed E-state index contributed by atoms with van der Waals surface area (Å²) in [6.07, 6.45) is 4.05. The number of nitrogens with one attached hydrogen (secondary N) is 1. The fraction of sp³-hybridized carbons (Fsp3) is 0.667. The Morgan fingerprint density at radius 1 is 1.20 bits per heavy atom. The lowest BCUT2D eigenvalue weighted by atomic mass is 9.93. The third-order valence-corrected chi connectivity index (χ3v) is 4.44. The Morgan fingerprint density at radius 3 is 2.50 bits per heavy atom. The zero-order valence-electron chi connectivity index (χ0n) is 13.3. The van der Waals surface area contributed by atoms with Crippen molar-refractivity contribution in [3.05, 3.63) is 35.9 Å². The first-order valence-electron chi connectivity index (χ1n) is 8.24. The van der Waals surface area contributed by atoms with Gasteiger partial charge < -0.3 is 5.32 Å². The minimum atomic E-state index is 0.532. The summed E-state index contributed by atoms with van der Waals surface area (Å²) < 4.78 is 0. The van der Waals surface area contributed by atoms with Crippen LogP contribution in [-0.2, 0) is 0 Å². The maximum Gasteiger partial charge on any atom is 0.0371 e. The Kier molecular flexibility index (Phi) is 6.06. The van der Waals surface area contributed by atoms with Gasteiger partial charge >= 0.3 is 0 Å². The lowest BCUT2D eigenvalue weighted by molar-refractivity contribution is 0.139. The van der Waals surface area contributed by atoms with Gasteiger partial charge in [-0.05, 0) is 37.4 Å². The smallest absolute Gasteiger partial charge is 0.0371 e. The molecule has 0 saturated carbocycles. The Bertz CT molecular complexity index is 368. The summed E-state index contributed by atoms with van der Waals surface area (Å²) in [5, 5.41) is 3.69. The van der Waals surface area contributed by atoms with E-state index in [1.165, 1.54) is 37.9 Å². The predicted molar refractivity (Wildman–Crippen MR) is 86.9 cm³/mol. The molecule has 2 nitrogen and oxygen atoms in total. The van der Waals surface area contributed by atoms with E-state index in [1.54, 1.807) is 0 Å². The molecule has 2 rings (SSSR count). The zero-order chi connectivity index (χ0) is 14.4. The van der Waals surface area contributed by atoms with Crippen molar-refractivity contribution in [3.8, 4) is 0 Å². The van der Waals surface area contributed by atoms with Gasteiger partial charge in [0.1, 0.15) is 0 Å². The molecule has 1 aliphatic rings. The standard InChI is InChI=1S/C18H30N2/c1-4-20(14-17-12-8-9-13-19-17)18(15(2)3)16-10-6-5-7-11-16/h5-7,10-11,15,17-19H,4,8-9,12-14H2,1-3H3. The van der Waals surface area contributed by atoms with Crippen LogP contribution < -0.4 is 5.32 Å². The van der Waals surface area contributed by atoms with E-state index in [4.69, 9.17) is 0 Å². The summed E-state index contributed by atoms with van der Waals surface area (Å²) in [7, 11) is 0. The van der Waals surface area contributed by atoms with E-state index in [1.807, 2.05) is 0 Å².